The van der Waals surface area contributed by atoms with Crippen LogP contribution in [0.4, 0.5) is 5.69 Å². The Kier molecular flexibility index (Phi) is 3.76. The Hall–Kier alpha value is -3.81. The van der Waals surface area contributed by atoms with E-state index in [1.165, 1.54) is 0 Å². The first-order chi connectivity index (χ1) is 12.3. The molecule has 0 bridgehead atoms. The van der Waals surface area contributed by atoms with Gasteiger partial charge in [-0.1, -0.05) is 11.3 Å². The normalized spacial score (nSPS) is 10.6. The molecule has 0 unspecified atom stereocenters. The summed E-state index contributed by atoms with van der Waals surface area (Å²) in [4.78, 5) is 12.4. The highest BCUT2D eigenvalue weighted by Gasteiger charge is 2.07. The van der Waals surface area contributed by atoms with Gasteiger partial charge in [-0.2, -0.15) is 0 Å². The zero-order chi connectivity index (χ0) is 17.1. The lowest BCUT2D eigenvalue weighted by Crippen LogP contribution is -2.12. The van der Waals surface area contributed by atoms with Gasteiger partial charge in [-0.15, -0.1) is 15.3 Å². The van der Waals surface area contributed by atoms with Crippen molar-refractivity contribution in [1.82, 2.24) is 29.8 Å². The number of carbonyl (C=O) groups is 1. The molecule has 25 heavy (non-hydrogen) atoms. The summed E-state index contributed by atoms with van der Waals surface area (Å²) in [6.45, 7) is 0. The van der Waals surface area contributed by atoms with E-state index in [0.717, 1.165) is 11.4 Å². The third-order valence-electron chi connectivity index (χ3n) is 3.64. The van der Waals surface area contributed by atoms with Crippen LogP contribution in [0.3, 0.4) is 0 Å². The smallest absolute Gasteiger partial charge is 0.255 e. The fourth-order valence-electron chi connectivity index (χ4n) is 2.39. The molecule has 122 valence electrons. The minimum atomic E-state index is -0.189. The molecule has 2 aromatic carbocycles. The van der Waals surface area contributed by atoms with Gasteiger partial charge in [0.25, 0.3) is 5.91 Å². The zero-order valence-corrected chi connectivity index (χ0v) is 13.0. The topological polar surface area (TPSA) is 90.5 Å². The molecule has 0 saturated heterocycles. The van der Waals surface area contributed by atoms with Gasteiger partial charge in [-0.05, 0) is 42.5 Å². The maximum Gasteiger partial charge on any atom is 0.255 e. The van der Waals surface area contributed by atoms with E-state index < -0.39 is 0 Å². The van der Waals surface area contributed by atoms with Gasteiger partial charge in [-0.3, -0.25) is 9.36 Å². The summed E-state index contributed by atoms with van der Waals surface area (Å²) < 4.78 is 3.40. The third kappa shape index (κ3) is 3.13. The summed E-state index contributed by atoms with van der Waals surface area (Å²) in [5.74, 6) is -0.189. The molecular weight excluding hydrogens is 318 g/mol. The molecule has 0 aliphatic rings. The average molecular weight is 331 g/mol. The van der Waals surface area contributed by atoms with E-state index in [4.69, 9.17) is 0 Å². The van der Waals surface area contributed by atoms with Crippen LogP contribution >= 0.6 is 0 Å². The summed E-state index contributed by atoms with van der Waals surface area (Å²) in [6.07, 6.45) is 6.54. The number of benzene rings is 2. The maximum atomic E-state index is 12.4. The molecule has 0 fully saturated rings. The minimum Gasteiger partial charge on any atom is -0.322 e. The molecule has 1 amide bonds. The molecule has 0 aliphatic heterocycles. The van der Waals surface area contributed by atoms with E-state index in [0.29, 0.717) is 11.3 Å². The van der Waals surface area contributed by atoms with Gasteiger partial charge in [0.05, 0.1) is 23.8 Å². The molecule has 1 N–H and O–H groups in total. The molecule has 0 radical (unpaired) electrons. The van der Waals surface area contributed by atoms with Crippen LogP contribution in [-0.2, 0) is 0 Å². The minimum absolute atomic E-state index is 0.189. The van der Waals surface area contributed by atoms with Gasteiger partial charge in [0, 0.05) is 11.3 Å². The van der Waals surface area contributed by atoms with E-state index in [2.05, 4.69) is 25.8 Å². The Morgan fingerprint density at radius 1 is 0.920 bits per heavy atom. The van der Waals surface area contributed by atoms with E-state index >= 15 is 0 Å². The zero-order valence-electron chi connectivity index (χ0n) is 13.0. The van der Waals surface area contributed by atoms with Crippen molar-refractivity contribution in [2.45, 2.75) is 0 Å². The second kappa shape index (κ2) is 6.36. The number of nitrogens with one attached hydrogen (secondary N) is 1. The number of rotatable bonds is 4. The molecule has 0 spiro atoms. The van der Waals surface area contributed by atoms with Crippen molar-refractivity contribution in [3.8, 4) is 11.4 Å². The van der Waals surface area contributed by atoms with Crippen LogP contribution in [0.2, 0.25) is 0 Å². The summed E-state index contributed by atoms with van der Waals surface area (Å²) in [5, 5.41) is 18.1. The summed E-state index contributed by atoms with van der Waals surface area (Å²) in [6, 6.07) is 14.6. The Morgan fingerprint density at radius 2 is 1.72 bits per heavy atom. The third-order valence-corrected chi connectivity index (χ3v) is 3.64. The number of nitrogens with zero attached hydrogens (tertiary/aromatic N) is 6. The molecule has 8 heteroatoms. The van der Waals surface area contributed by atoms with Crippen molar-refractivity contribution in [3.05, 3.63) is 79.1 Å². The summed E-state index contributed by atoms with van der Waals surface area (Å²) in [7, 11) is 0. The van der Waals surface area contributed by atoms with E-state index in [1.807, 2.05) is 36.4 Å². The Labute approximate surface area is 142 Å². The Bertz CT molecular complexity index is 976. The van der Waals surface area contributed by atoms with Crippen LogP contribution in [0.25, 0.3) is 11.4 Å². The predicted octanol–water partition coefficient (Wildman–Crippen LogP) is 2.10. The van der Waals surface area contributed by atoms with E-state index in [9.17, 15) is 4.79 Å². The van der Waals surface area contributed by atoms with Crippen LogP contribution in [0, 0.1) is 0 Å². The molecule has 4 aromatic rings. The largest absolute Gasteiger partial charge is 0.322 e. The lowest BCUT2D eigenvalue weighted by Gasteiger charge is -2.08. The van der Waals surface area contributed by atoms with Gasteiger partial charge in [0.1, 0.15) is 12.7 Å². The molecule has 2 heterocycles. The Morgan fingerprint density at radius 3 is 2.44 bits per heavy atom. The van der Waals surface area contributed by atoms with Crippen molar-refractivity contribution in [1.29, 1.82) is 0 Å². The van der Waals surface area contributed by atoms with Gasteiger partial charge in [0.2, 0.25) is 0 Å². The molecule has 0 atom stereocenters. The number of amides is 1. The van der Waals surface area contributed by atoms with Crippen molar-refractivity contribution >= 4 is 11.6 Å². The first kappa shape index (κ1) is 14.8. The van der Waals surface area contributed by atoms with Crippen LogP contribution in [-0.4, -0.2) is 35.7 Å². The number of anilines is 1. The van der Waals surface area contributed by atoms with E-state index in [-0.39, 0.29) is 5.91 Å². The van der Waals surface area contributed by atoms with Gasteiger partial charge < -0.3 is 5.32 Å². The molecule has 4 rings (SSSR count). The predicted molar refractivity (Wildman–Crippen MR) is 90.7 cm³/mol. The van der Waals surface area contributed by atoms with Crippen molar-refractivity contribution in [2.75, 3.05) is 5.32 Å². The number of hydrogen-bond acceptors (Lipinski definition) is 5. The van der Waals surface area contributed by atoms with Gasteiger partial charge in [-0.25, -0.2) is 4.68 Å². The summed E-state index contributed by atoms with van der Waals surface area (Å²) in [5.41, 5.74) is 2.95. The SMILES string of the molecule is O=C(Nc1cccc(-n2cnnc2)c1)c1ccc(-n2ccnn2)cc1. The van der Waals surface area contributed by atoms with Crippen LogP contribution in [0.5, 0.6) is 0 Å². The second-order valence-corrected chi connectivity index (χ2v) is 5.27. The number of hydrogen-bond donors (Lipinski definition) is 1. The highest BCUT2D eigenvalue weighted by molar-refractivity contribution is 6.04. The van der Waals surface area contributed by atoms with Gasteiger partial charge in [0.15, 0.2) is 0 Å². The summed E-state index contributed by atoms with van der Waals surface area (Å²) >= 11 is 0. The fraction of sp³-hybridized carbons (Fsp3) is 0. The van der Waals surface area contributed by atoms with Crippen LogP contribution in [0.1, 0.15) is 10.4 Å². The second-order valence-electron chi connectivity index (χ2n) is 5.27. The van der Waals surface area contributed by atoms with E-state index in [1.54, 1.807) is 46.4 Å². The standard InChI is InChI=1S/C17H13N7O/c25-17(13-4-6-15(7-5-13)24-9-8-18-22-24)21-14-2-1-3-16(10-14)23-11-19-20-12-23/h1-12H,(H,21,25). The highest BCUT2D eigenvalue weighted by atomic mass is 16.1. The monoisotopic (exact) mass is 331 g/mol. The lowest BCUT2D eigenvalue weighted by atomic mass is 10.2. The van der Waals surface area contributed by atoms with Crippen LogP contribution < -0.4 is 5.32 Å². The number of carbonyl (C=O) groups excluding carboxylic acids is 1. The van der Waals surface area contributed by atoms with Crippen molar-refractivity contribution in [2.24, 2.45) is 0 Å². The molecule has 0 aliphatic carbocycles. The molecule has 2 aromatic heterocycles. The maximum absolute atomic E-state index is 12.4. The fourth-order valence-corrected chi connectivity index (χ4v) is 2.39. The molecule has 8 nitrogen and oxygen atoms in total. The average Bonchev–Trinajstić information content (AvgIpc) is 3.36. The molecule has 0 saturated carbocycles. The quantitative estimate of drug-likeness (QED) is 0.618. The first-order valence-corrected chi connectivity index (χ1v) is 7.53. The lowest BCUT2D eigenvalue weighted by molar-refractivity contribution is 0.102. The first-order valence-electron chi connectivity index (χ1n) is 7.53. The Balaban J connectivity index is 1.51. The highest BCUT2D eigenvalue weighted by Crippen LogP contribution is 2.16. The van der Waals surface area contributed by atoms with Crippen molar-refractivity contribution < 1.29 is 4.79 Å². The van der Waals surface area contributed by atoms with Crippen molar-refractivity contribution in [3.63, 3.8) is 0 Å². The van der Waals surface area contributed by atoms with Crippen LogP contribution in [0.15, 0.2) is 73.6 Å². The molecular formula is C17H13N7O. The number of aromatic nitrogens is 6. The van der Waals surface area contributed by atoms with Gasteiger partial charge >= 0.3 is 0 Å².